The Bertz CT molecular complexity index is 481. The number of anilines is 1. The fourth-order valence-electron chi connectivity index (χ4n) is 1.67. The van der Waals surface area contributed by atoms with Crippen molar-refractivity contribution in [3.05, 3.63) is 11.3 Å². The van der Waals surface area contributed by atoms with Crippen LogP contribution in [0.1, 0.15) is 29.9 Å². The molecule has 0 aromatic carbocycles. The second-order valence-electron chi connectivity index (χ2n) is 4.36. The zero-order valence-corrected chi connectivity index (χ0v) is 10.9. The van der Waals surface area contributed by atoms with E-state index in [4.69, 9.17) is 10.8 Å². The van der Waals surface area contributed by atoms with Gasteiger partial charge in [0.15, 0.2) is 0 Å². The standard InChI is InChI=1S/C11H18N4O3/c1-5(11(17)18)6(2)13-10-8(9(12)16)7(3)14-15(10)4/h5-6,13H,1-4H3,(H2,12,16)(H,17,18). The van der Waals surface area contributed by atoms with E-state index in [2.05, 4.69) is 10.4 Å². The summed E-state index contributed by atoms with van der Waals surface area (Å²) in [5, 5.41) is 16.0. The number of aliphatic carboxylic acids is 1. The Morgan fingerprint density at radius 3 is 2.44 bits per heavy atom. The zero-order chi connectivity index (χ0) is 14.0. The number of carboxylic acid groups (broad SMARTS) is 1. The number of aromatic nitrogens is 2. The van der Waals surface area contributed by atoms with Gasteiger partial charge in [0.1, 0.15) is 11.4 Å². The highest BCUT2D eigenvalue weighted by Gasteiger charge is 2.24. The average molecular weight is 254 g/mol. The van der Waals surface area contributed by atoms with E-state index in [1.54, 1.807) is 27.8 Å². The maximum Gasteiger partial charge on any atom is 0.308 e. The van der Waals surface area contributed by atoms with Gasteiger partial charge < -0.3 is 16.2 Å². The summed E-state index contributed by atoms with van der Waals surface area (Å²) in [6, 6.07) is -0.351. The lowest BCUT2D eigenvalue weighted by molar-refractivity contribution is -0.141. The normalized spacial score (nSPS) is 14.0. The van der Waals surface area contributed by atoms with E-state index in [-0.39, 0.29) is 6.04 Å². The number of carbonyl (C=O) groups excluding carboxylic acids is 1. The number of primary amides is 1. The summed E-state index contributed by atoms with van der Waals surface area (Å²) in [5.41, 5.74) is 6.10. The first-order valence-corrected chi connectivity index (χ1v) is 5.58. The summed E-state index contributed by atoms with van der Waals surface area (Å²) < 4.78 is 1.49. The number of carbonyl (C=O) groups is 2. The van der Waals surface area contributed by atoms with Crippen molar-refractivity contribution in [1.29, 1.82) is 0 Å². The molecule has 2 atom stereocenters. The summed E-state index contributed by atoms with van der Waals surface area (Å²) >= 11 is 0. The zero-order valence-electron chi connectivity index (χ0n) is 10.9. The summed E-state index contributed by atoms with van der Waals surface area (Å²) in [6.07, 6.45) is 0. The summed E-state index contributed by atoms with van der Waals surface area (Å²) in [6.45, 7) is 5.00. The molecule has 1 aromatic heterocycles. The van der Waals surface area contributed by atoms with E-state index in [1.165, 1.54) is 4.68 Å². The number of nitrogens with two attached hydrogens (primary N) is 1. The van der Waals surface area contributed by atoms with Crippen LogP contribution in [0, 0.1) is 12.8 Å². The van der Waals surface area contributed by atoms with Crippen LogP contribution >= 0.6 is 0 Å². The van der Waals surface area contributed by atoms with Gasteiger partial charge in [0.25, 0.3) is 5.91 Å². The number of hydrogen-bond donors (Lipinski definition) is 3. The molecular formula is C11H18N4O3. The van der Waals surface area contributed by atoms with Gasteiger partial charge in [0, 0.05) is 13.1 Å². The molecule has 0 radical (unpaired) electrons. The SMILES string of the molecule is Cc1nn(C)c(NC(C)C(C)C(=O)O)c1C(N)=O. The van der Waals surface area contributed by atoms with E-state index in [0.717, 1.165) is 0 Å². The van der Waals surface area contributed by atoms with Crippen molar-refractivity contribution in [2.45, 2.75) is 26.8 Å². The van der Waals surface area contributed by atoms with E-state index < -0.39 is 17.8 Å². The highest BCUT2D eigenvalue weighted by molar-refractivity contribution is 5.99. The Morgan fingerprint density at radius 2 is 2.00 bits per heavy atom. The quantitative estimate of drug-likeness (QED) is 0.702. The lowest BCUT2D eigenvalue weighted by Crippen LogP contribution is -2.31. The van der Waals surface area contributed by atoms with Crippen molar-refractivity contribution >= 4 is 17.7 Å². The minimum atomic E-state index is -0.908. The number of nitrogens with one attached hydrogen (secondary N) is 1. The molecule has 0 saturated carbocycles. The van der Waals surface area contributed by atoms with Crippen LogP contribution in [0.3, 0.4) is 0 Å². The van der Waals surface area contributed by atoms with Crippen molar-refractivity contribution in [1.82, 2.24) is 9.78 Å². The molecular weight excluding hydrogens is 236 g/mol. The average Bonchev–Trinajstić information content (AvgIpc) is 2.52. The first kappa shape index (κ1) is 14.0. The number of hydrogen-bond acceptors (Lipinski definition) is 4. The number of rotatable bonds is 5. The largest absolute Gasteiger partial charge is 0.481 e. The fraction of sp³-hybridized carbons (Fsp3) is 0.545. The number of aryl methyl sites for hydroxylation is 2. The Labute approximate surface area is 105 Å². The first-order valence-electron chi connectivity index (χ1n) is 5.58. The van der Waals surface area contributed by atoms with Crippen LogP contribution in [0.2, 0.25) is 0 Å². The van der Waals surface area contributed by atoms with Gasteiger partial charge in [-0.2, -0.15) is 5.10 Å². The van der Waals surface area contributed by atoms with Gasteiger partial charge >= 0.3 is 5.97 Å². The van der Waals surface area contributed by atoms with Crippen LogP contribution in [-0.4, -0.2) is 32.8 Å². The van der Waals surface area contributed by atoms with Crippen molar-refractivity contribution in [2.75, 3.05) is 5.32 Å². The second kappa shape index (κ2) is 5.07. The summed E-state index contributed by atoms with van der Waals surface area (Å²) in [7, 11) is 1.67. The lowest BCUT2D eigenvalue weighted by atomic mass is 10.0. The topological polar surface area (TPSA) is 110 Å². The smallest absolute Gasteiger partial charge is 0.308 e. The molecule has 1 heterocycles. The molecule has 1 amide bonds. The molecule has 7 heteroatoms. The molecule has 0 saturated heterocycles. The van der Waals surface area contributed by atoms with E-state index in [9.17, 15) is 9.59 Å². The van der Waals surface area contributed by atoms with E-state index in [0.29, 0.717) is 17.1 Å². The van der Waals surface area contributed by atoms with Crippen LogP contribution in [0.4, 0.5) is 5.82 Å². The molecule has 1 aromatic rings. The van der Waals surface area contributed by atoms with Crippen LogP contribution in [-0.2, 0) is 11.8 Å². The molecule has 2 unspecified atom stereocenters. The highest BCUT2D eigenvalue weighted by Crippen LogP contribution is 2.20. The Kier molecular flexibility index (Phi) is 3.95. The molecule has 18 heavy (non-hydrogen) atoms. The van der Waals surface area contributed by atoms with Gasteiger partial charge in [-0.25, -0.2) is 0 Å². The Balaban J connectivity index is 3.04. The minimum Gasteiger partial charge on any atom is -0.481 e. The molecule has 0 bridgehead atoms. The van der Waals surface area contributed by atoms with E-state index >= 15 is 0 Å². The predicted octanol–water partition coefficient (Wildman–Crippen LogP) is 0.349. The van der Waals surface area contributed by atoms with Gasteiger partial charge in [-0.3, -0.25) is 14.3 Å². The number of nitrogens with zero attached hydrogens (tertiary/aromatic N) is 2. The van der Waals surface area contributed by atoms with Gasteiger partial charge in [0.05, 0.1) is 11.6 Å². The number of amides is 1. The predicted molar refractivity (Wildman–Crippen MR) is 66.3 cm³/mol. The number of carboxylic acids is 1. The van der Waals surface area contributed by atoms with Crippen LogP contribution in [0.5, 0.6) is 0 Å². The van der Waals surface area contributed by atoms with Crippen molar-refractivity contribution in [3.63, 3.8) is 0 Å². The third-order valence-electron chi connectivity index (χ3n) is 2.97. The van der Waals surface area contributed by atoms with Crippen LogP contribution in [0.25, 0.3) is 0 Å². The lowest BCUT2D eigenvalue weighted by Gasteiger charge is -2.19. The molecule has 0 aliphatic heterocycles. The molecule has 0 fully saturated rings. The monoisotopic (exact) mass is 254 g/mol. The van der Waals surface area contributed by atoms with E-state index in [1.807, 2.05) is 0 Å². The molecule has 100 valence electrons. The summed E-state index contributed by atoms with van der Waals surface area (Å²) in [5.74, 6) is -1.64. The molecule has 4 N–H and O–H groups in total. The Hall–Kier alpha value is -2.05. The molecule has 0 aliphatic rings. The third kappa shape index (κ3) is 2.61. The summed E-state index contributed by atoms with van der Waals surface area (Å²) in [4.78, 5) is 22.2. The third-order valence-corrected chi connectivity index (χ3v) is 2.97. The second-order valence-corrected chi connectivity index (χ2v) is 4.36. The van der Waals surface area contributed by atoms with Crippen molar-refractivity contribution < 1.29 is 14.7 Å². The fourth-order valence-corrected chi connectivity index (χ4v) is 1.67. The molecule has 0 aliphatic carbocycles. The molecule has 1 rings (SSSR count). The first-order chi connectivity index (χ1) is 8.25. The van der Waals surface area contributed by atoms with Gasteiger partial charge in [-0.15, -0.1) is 0 Å². The maximum atomic E-state index is 11.4. The molecule has 7 nitrogen and oxygen atoms in total. The van der Waals surface area contributed by atoms with Gasteiger partial charge in [-0.05, 0) is 20.8 Å². The highest BCUT2D eigenvalue weighted by atomic mass is 16.4. The van der Waals surface area contributed by atoms with Gasteiger partial charge in [-0.1, -0.05) is 0 Å². The van der Waals surface area contributed by atoms with Gasteiger partial charge in [0.2, 0.25) is 0 Å². The molecule has 0 spiro atoms. The van der Waals surface area contributed by atoms with Crippen molar-refractivity contribution in [2.24, 2.45) is 18.7 Å². The minimum absolute atomic E-state index is 0.293. The maximum absolute atomic E-state index is 11.4. The Morgan fingerprint density at radius 1 is 1.44 bits per heavy atom. The van der Waals surface area contributed by atoms with Crippen molar-refractivity contribution in [3.8, 4) is 0 Å². The van der Waals surface area contributed by atoms with Crippen LogP contribution in [0.15, 0.2) is 0 Å². The van der Waals surface area contributed by atoms with Crippen LogP contribution < -0.4 is 11.1 Å².